The molecule has 1 aromatic carbocycles. The van der Waals surface area contributed by atoms with Gasteiger partial charge in [-0.2, -0.15) is 0 Å². The summed E-state index contributed by atoms with van der Waals surface area (Å²) in [5, 5.41) is 0.762. The number of alkyl halides is 1. The van der Waals surface area contributed by atoms with E-state index >= 15 is 0 Å². The number of rotatable bonds is 3. The minimum Gasteiger partial charge on any atom is -0.362 e. The first-order chi connectivity index (χ1) is 8.13. The maximum atomic E-state index is 5.92. The molecule has 0 bridgehead atoms. The van der Waals surface area contributed by atoms with Crippen molar-refractivity contribution in [2.45, 2.75) is 20.3 Å². The number of nitrogens with one attached hydrogen (secondary N) is 1. The van der Waals surface area contributed by atoms with Crippen LogP contribution in [0.15, 0.2) is 24.3 Å². The second-order valence-corrected chi connectivity index (χ2v) is 4.99. The van der Waals surface area contributed by atoms with Gasteiger partial charge < -0.3 is 4.98 Å². The first kappa shape index (κ1) is 12.5. The zero-order valence-electron chi connectivity index (χ0n) is 9.98. The molecule has 0 aliphatic rings. The van der Waals surface area contributed by atoms with E-state index in [1.54, 1.807) is 0 Å². The van der Waals surface area contributed by atoms with Gasteiger partial charge in [-0.1, -0.05) is 23.7 Å². The van der Waals surface area contributed by atoms with Crippen LogP contribution in [0.2, 0.25) is 5.02 Å². The van der Waals surface area contributed by atoms with Crippen LogP contribution in [0.1, 0.15) is 17.0 Å². The molecule has 0 amide bonds. The maximum Gasteiger partial charge on any atom is 0.0406 e. The molecular formula is C14H15Cl2N. The quantitative estimate of drug-likeness (QED) is 0.774. The van der Waals surface area contributed by atoms with Crippen molar-refractivity contribution in [2.24, 2.45) is 0 Å². The summed E-state index contributed by atoms with van der Waals surface area (Å²) in [5.74, 6) is 0.638. The minimum atomic E-state index is 0.638. The van der Waals surface area contributed by atoms with Crippen molar-refractivity contribution in [3.63, 3.8) is 0 Å². The molecule has 90 valence electrons. The van der Waals surface area contributed by atoms with E-state index < -0.39 is 0 Å². The Bertz CT molecular complexity index is 512. The van der Waals surface area contributed by atoms with E-state index in [2.05, 4.69) is 31.0 Å². The Morgan fingerprint density at radius 3 is 2.29 bits per heavy atom. The van der Waals surface area contributed by atoms with Crippen molar-refractivity contribution < 1.29 is 0 Å². The van der Waals surface area contributed by atoms with E-state index in [4.69, 9.17) is 23.2 Å². The molecule has 2 aromatic rings. The van der Waals surface area contributed by atoms with Crippen LogP contribution in [-0.2, 0) is 6.42 Å². The Morgan fingerprint density at radius 1 is 1.06 bits per heavy atom. The second-order valence-electron chi connectivity index (χ2n) is 4.17. The molecule has 1 nitrogen and oxygen atoms in total. The lowest BCUT2D eigenvalue weighted by molar-refractivity contribution is 1.10. The minimum absolute atomic E-state index is 0.638. The van der Waals surface area contributed by atoms with Gasteiger partial charge in [0.15, 0.2) is 0 Å². The van der Waals surface area contributed by atoms with Crippen molar-refractivity contribution in [2.75, 3.05) is 5.88 Å². The van der Waals surface area contributed by atoms with E-state index in [0.717, 1.165) is 11.4 Å². The fraction of sp³-hybridized carbons (Fsp3) is 0.286. The average molecular weight is 268 g/mol. The Hall–Kier alpha value is -0.920. The Morgan fingerprint density at radius 2 is 1.71 bits per heavy atom. The Labute approximate surface area is 112 Å². The van der Waals surface area contributed by atoms with Gasteiger partial charge in [0, 0.05) is 27.9 Å². The molecule has 17 heavy (non-hydrogen) atoms. The van der Waals surface area contributed by atoms with Gasteiger partial charge in [-0.05, 0) is 43.5 Å². The highest BCUT2D eigenvalue weighted by Gasteiger charge is 2.13. The van der Waals surface area contributed by atoms with E-state index in [1.165, 1.54) is 28.1 Å². The van der Waals surface area contributed by atoms with E-state index in [-0.39, 0.29) is 0 Å². The summed E-state index contributed by atoms with van der Waals surface area (Å²) in [6, 6.07) is 7.94. The molecule has 0 saturated carbocycles. The lowest BCUT2D eigenvalue weighted by Gasteiger charge is -2.05. The molecule has 0 fully saturated rings. The predicted molar refractivity (Wildman–Crippen MR) is 75.1 cm³/mol. The topological polar surface area (TPSA) is 15.8 Å². The lowest BCUT2D eigenvalue weighted by Crippen LogP contribution is -1.90. The van der Waals surface area contributed by atoms with Crippen molar-refractivity contribution in [3.05, 3.63) is 46.2 Å². The molecule has 0 aliphatic carbocycles. The molecule has 1 N–H and O–H groups in total. The van der Waals surface area contributed by atoms with Gasteiger partial charge in [0.25, 0.3) is 0 Å². The molecule has 0 unspecified atom stereocenters. The summed E-state index contributed by atoms with van der Waals surface area (Å²) in [6.45, 7) is 4.18. The highest BCUT2D eigenvalue weighted by molar-refractivity contribution is 6.30. The third kappa shape index (κ3) is 2.51. The lowest BCUT2D eigenvalue weighted by atomic mass is 9.99. The monoisotopic (exact) mass is 267 g/mol. The van der Waals surface area contributed by atoms with Gasteiger partial charge in [-0.3, -0.25) is 0 Å². The summed E-state index contributed by atoms with van der Waals surface area (Å²) < 4.78 is 0. The van der Waals surface area contributed by atoms with Crippen LogP contribution in [0.3, 0.4) is 0 Å². The molecule has 0 spiro atoms. The van der Waals surface area contributed by atoms with Crippen LogP contribution in [0.25, 0.3) is 11.1 Å². The number of aromatic nitrogens is 1. The van der Waals surface area contributed by atoms with Crippen LogP contribution in [0, 0.1) is 13.8 Å². The van der Waals surface area contributed by atoms with Crippen molar-refractivity contribution in [3.8, 4) is 11.1 Å². The van der Waals surface area contributed by atoms with Crippen LogP contribution < -0.4 is 0 Å². The molecule has 0 atom stereocenters. The van der Waals surface area contributed by atoms with Crippen LogP contribution >= 0.6 is 23.2 Å². The molecule has 1 heterocycles. The van der Waals surface area contributed by atoms with Gasteiger partial charge in [-0.15, -0.1) is 11.6 Å². The Kier molecular flexibility index (Phi) is 3.80. The Balaban J connectivity index is 2.53. The van der Waals surface area contributed by atoms with Crippen LogP contribution in [0.5, 0.6) is 0 Å². The molecule has 2 rings (SSSR count). The van der Waals surface area contributed by atoms with Gasteiger partial charge in [0.1, 0.15) is 0 Å². The third-order valence-electron chi connectivity index (χ3n) is 2.98. The van der Waals surface area contributed by atoms with Gasteiger partial charge in [0.2, 0.25) is 0 Å². The molecule has 0 saturated heterocycles. The molecule has 0 radical (unpaired) electrons. The SMILES string of the molecule is Cc1[nH]c(C)c(-c2ccc(Cl)cc2)c1CCCl. The number of aromatic amines is 1. The van der Waals surface area contributed by atoms with Gasteiger partial charge >= 0.3 is 0 Å². The number of hydrogen-bond acceptors (Lipinski definition) is 0. The van der Waals surface area contributed by atoms with Crippen LogP contribution in [0.4, 0.5) is 0 Å². The summed E-state index contributed by atoms with van der Waals surface area (Å²) in [6.07, 6.45) is 0.885. The zero-order valence-corrected chi connectivity index (χ0v) is 11.5. The van der Waals surface area contributed by atoms with Crippen molar-refractivity contribution in [1.29, 1.82) is 0 Å². The first-order valence-electron chi connectivity index (χ1n) is 5.63. The summed E-state index contributed by atoms with van der Waals surface area (Å²) in [7, 11) is 0. The molecule has 3 heteroatoms. The fourth-order valence-electron chi connectivity index (χ4n) is 2.25. The van der Waals surface area contributed by atoms with Gasteiger partial charge in [0.05, 0.1) is 0 Å². The number of aryl methyl sites for hydroxylation is 2. The van der Waals surface area contributed by atoms with E-state index in [1.807, 2.05) is 12.1 Å². The van der Waals surface area contributed by atoms with Crippen molar-refractivity contribution >= 4 is 23.2 Å². The van der Waals surface area contributed by atoms with Gasteiger partial charge in [-0.25, -0.2) is 0 Å². The number of halogens is 2. The average Bonchev–Trinajstić information content (AvgIpc) is 2.56. The molecule has 1 aromatic heterocycles. The first-order valence-corrected chi connectivity index (χ1v) is 6.54. The van der Waals surface area contributed by atoms with Crippen molar-refractivity contribution in [1.82, 2.24) is 4.98 Å². The number of H-pyrrole nitrogens is 1. The maximum absolute atomic E-state index is 5.92. The molecule has 0 aliphatic heterocycles. The number of benzene rings is 1. The fourth-order valence-corrected chi connectivity index (χ4v) is 2.56. The van der Waals surface area contributed by atoms with E-state index in [0.29, 0.717) is 5.88 Å². The molecular weight excluding hydrogens is 253 g/mol. The summed E-state index contributed by atoms with van der Waals surface area (Å²) in [4.78, 5) is 3.38. The second kappa shape index (κ2) is 5.16. The smallest absolute Gasteiger partial charge is 0.0406 e. The summed E-state index contributed by atoms with van der Waals surface area (Å²) >= 11 is 11.8. The standard InChI is InChI=1S/C14H15Cl2N/c1-9-13(7-8-15)14(10(2)17-9)11-3-5-12(16)6-4-11/h3-6,17H,7-8H2,1-2H3. The highest BCUT2D eigenvalue weighted by atomic mass is 35.5. The zero-order chi connectivity index (χ0) is 12.4. The normalized spacial score (nSPS) is 10.8. The predicted octanol–water partition coefficient (Wildman–Crippen LogP) is 4.73. The van der Waals surface area contributed by atoms with E-state index in [9.17, 15) is 0 Å². The third-order valence-corrected chi connectivity index (χ3v) is 3.42. The number of hydrogen-bond donors (Lipinski definition) is 1. The van der Waals surface area contributed by atoms with Crippen LogP contribution in [-0.4, -0.2) is 10.9 Å². The largest absolute Gasteiger partial charge is 0.362 e. The summed E-state index contributed by atoms with van der Waals surface area (Å²) in [5.41, 5.74) is 6.15. The highest BCUT2D eigenvalue weighted by Crippen LogP contribution is 2.31.